The molecule has 1 aromatic rings. The second kappa shape index (κ2) is 3.29. The van der Waals surface area contributed by atoms with Crippen molar-refractivity contribution in [3.05, 3.63) is 29.6 Å². The molecule has 1 aromatic carbocycles. The molecule has 0 aliphatic rings. The lowest BCUT2D eigenvalue weighted by atomic mass is 9.85. The number of carbonyl (C=O) groups is 1. The van der Waals surface area contributed by atoms with Crippen LogP contribution in [0, 0.1) is 5.82 Å². The fourth-order valence-corrected chi connectivity index (χ4v) is 1.02. The van der Waals surface area contributed by atoms with E-state index < -0.39 is 23.0 Å². The van der Waals surface area contributed by atoms with Crippen molar-refractivity contribution >= 4 is 5.97 Å². The van der Waals surface area contributed by atoms with Gasteiger partial charge in [0.25, 0.3) is 0 Å². The molecule has 0 fully saturated rings. The summed E-state index contributed by atoms with van der Waals surface area (Å²) >= 11 is 0. The van der Waals surface area contributed by atoms with E-state index in [0.717, 1.165) is 12.1 Å². The highest BCUT2D eigenvalue weighted by Gasteiger charge is 2.29. The minimum atomic E-state index is -1.16. The average molecular weight is 198 g/mol. The summed E-state index contributed by atoms with van der Waals surface area (Å²) in [5.74, 6) is -2.32. The van der Waals surface area contributed by atoms with E-state index in [1.54, 1.807) is 0 Å². The maximum Gasteiger partial charge on any atom is 0.313 e. The van der Waals surface area contributed by atoms with Crippen LogP contribution in [0.15, 0.2) is 18.2 Å². The molecule has 0 aromatic heterocycles. The van der Waals surface area contributed by atoms with Crippen LogP contribution in [-0.2, 0) is 10.2 Å². The number of aliphatic carboxylic acids is 1. The minimum absolute atomic E-state index is 0.320. The first-order valence-electron chi connectivity index (χ1n) is 4.08. The van der Waals surface area contributed by atoms with E-state index >= 15 is 0 Å². The number of phenolic OH excluding ortho intramolecular Hbond substituents is 1. The van der Waals surface area contributed by atoms with Crippen molar-refractivity contribution in [2.45, 2.75) is 19.3 Å². The van der Waals surface area contributed by atoms with Crippen LogP contribution >= 0.6 is 0 Å². The van der Waals surface area contributed by atoms with Gasteiger partial charge < -0.3 is 10.2 Å². The summed E-state index contributed by atoms with van der Waals surface area (Å²) in [5, 5.41) is 17.8. The molecule has 0 aliphatic heterocycles. The van der Waals surface area contributed by atoms with Crippen LogP contribution in [-0.4, -0.2) is 16.2 Å². The quantitative estimate of drug-likeness (QED) is 0.762. The van der Waals surface area contributed by atoms with Gasteiger partial charge in [0.2, 0.25) is 0 Å². The molecule has 76 valence electrons. The number of halogens is 1. The lowest BCUT2D eigenvalue weighted by Crippen LogP contribution is -2.28. The van der Waals surface area contributed by atoms with Crippen LogP contribution in [0.25, 0.3) is 0 Å². The number of carboxylic acids is 1. The lowest BCUT2D eigenvalue weighted by Gasteiger charge is -2.19. The third-order valence-electron chi connectivity index (χ3n) is 2.20. The van der Waals surface area contributed by atoms with Crippen molar-refractivity contribution < 1.29 is 19.4 Å². The molecule has 0 saturated carbocycles. The molecule has 0 radical (unpaired) electrons. The van der Waals surface area contributed by atoms with Gasteiger partial charge in [-0.05, 0) is 31.5 Å². The zero-order chi connectivity index (χ0) is 10.9. The topological polar surface area (TPSA) is 57.5 Å². The molecule has 2 N–H and O–H groups in total. The largest absolute Gasteiger partial charge is 0.505 e. The number of phenols is 1. The van der Waals surface area contributed by atoms with E-state index in [1.807, 2.05) is 0 Å². The molecule has 0 amide bonds. The Bertz CT molecular complexity index is 372. The van der Waals surface area contributed by atoms with E-state index in [1.165, 1.54) is 19.9 Å². The predicted molar refractivity (Wildman–Crippen MR) is 48.7 cm³/mol. The molecular formula is C10H11FO3. The zero-order valence-electron chi connectivity index (χ0n) is 7.91. The standard InChI is InChI=1S/C10H11FO3/c1-10(2,9(13)14)6-3-4-8(12)7(11)5-6/h3-5,12H,1-2H3,(H,13,14). The van der Waals surface area contributed by atoms with E-state index in [-0.39, 0.29) is 0 Å². The van der Waals surface area contributed by atoms with Crippen molar-refractivity contribution in [1.82, 2.24) is 0 Å². The molecule has 4 heteroatoms. The Hall–Kier alpha value is -1.58. The van der Waals surface area contributed by atoms with E-state index in [0.29, 0.717) is 5.56 Å². The van der Waals surface area contributed by atoms with Gasteiger partial charge in [-0.2, -0.15) is 0 Å². The second-order valence-corrected chi connectivity index (χ2v) is 3.60. The first-order chi connectivity index (χ1) is 6.35. The summed E-state index contributed by atoms with van der Waals surface area (Å²) in [4.78, 5) is 10.8. The Balaban J connectivity index is 3.21. The summed E-state index contributed by atoms with van der Waals surface area (Å²) in [7, 11) is 0. The van der Waals surface area contributed by atoms with Gasteiger partial charge >= 0.3 is 5.97 Å². The van der Waals surface area contributed by atoms with Crippen molar-refractivity contribution in [3.63, 3.8) is 0 Å². The SMILES string of the molecule is CC(C)(C(=O)O)c1ccc(O)c(F)c1. The molecule has 0 unspecified atom stereocenters. The number of aromatic hydroxyl groups is 1. The van der Waals surface area contributed by atoms with Gasteiger partial charge in [0.05, 0.1) is 5.41 Å². The second-order valence-electron chi connectivity index (χ2n) is 3.60. The first kappa shape index (κ1) is 10.5. The van der Waals surface area contributed by atoms with Crippen LogP contribution in [0.4, 0.5) is 4.39 Å². The summed E-state index contributed by atoms with van der Waals surface area (Å²) in [6.45, 7) is 2.95. The molecule has 0 spiro atoms. The molecule has 3 nitrogen and oxygen atoms in total. The van der Waals surface area contributed by atoms with Crippen molar-refractivity contribution in [1.29, 1.82) is 0 Å². The summed E-state index contributed by atoms with van der Waals surface area (Å²) in [6, 6.07) is 3.57. The van der Waals surface area contributed by atoms with Crippen molar-refractivity contribution in [3.8, 4) is 5.75 Å². The maximum absolute atomic E-state index is 12.9. The third kappa shape index (κ3) is 1.69. The Morgan fingerprint density at radius 3 is 2.43 bits per heavy atom. The maximum atomic E-state index is 12.9. The van der Waals surface area contributed by atoms with Gasteiger partial charge in [-0.15, -0.1) is 0 Å². The number of rotatable bonds is 2. The van der Waals surface area contributed by atoms with E-state index in [4.69, 9.17) is 10.2 Å². The Kier molecular flexibility index (Phi) is 2.47. The first-order valence-corrected chi connectivity index (χ1v) is 4.08. The smallest absolute Gasteiger partial charge is 0.313 e. The Morgan fingerprint density at radius 2 is 2.00 bits per heavy atom. The highest BCUT2D eigenvalue weighted by Crippen LogP contribution is 2.27. The fraction of sp³-hybridized carbons (Fsp3) is 0.300. The van der Waals surface area contributed by atoms with Crippen molar-refractivity contribution in [2.75, 3.05) is 0 Å². The summed E-state index contributed by atoms with van der Waals surface area (Å²) in [5.41, 5.74) is -0.838. The Morgan fingerprint density at radius 1 is 1.43 bits per heavy atom. The zero-order valence-corrected chi connectivity index (χ0v) is 7.91. The molecule has 0 aliphatic carbocycles. The van der Waals surface area contributed by atoms with Gasteiger partial charge in [0.15, 0.2) is 11.6 Å². The lowest BCUT2D eigenvalue weighted by molar-refractivity contribution is -0.142. The molecule has 0 saturated heterocycles. The van der Waals surface area contributed by atoms with Crippen LogP contribution < -0.4 is 0 Å². The van der Waals surface area contributed by atoms with Gasteiger partial charge in [-0.3, -0.25) is 4.79 Å². The predicted octanol–water partition coefficient (Wildman–Crippen LogP) is 1.89. The van der Waals surface area contributed by atoms with Gasteiger partial charge in [0.1, 0.15) is 0 Å². The fourth-order valence-electron chi connectivity index (χ4n) is 1.02. The molecule has 0 heterocycles. The highest BCUT2D eigenvalue weighted by atomic mass is 19.1. The number of carboxylic acid groups (broad SMARTS) is 1. The van der Waals surface area contributed by atoms with E-state index in [2.05, 4.69) is 0 Å². The normalized spacial score (nSPS) is 11.4. The highest BCUT2D eigenvalue weighted by molar-refractivity contribution is 5.80. The van der Waals surface area contributed by atoms with Crippen LogP contribution in [0.2, 0.25) is 0 Å². The molecule has 1 rings (SSSR count). The van der Waals surface area contributed by atoms with Gasteiger partial charge in [-0.1, -0.05) is 6.07 Å². The van der Waals surface area contributed by atoms with E-state index in [9.17, 15) is 9.18 Å². The molecule has 0 atom stereocenters. The monoisotopic (exact) mass is 198 g/mol. The van der Waals surface area contributed by atoms with Crippen LogP contribution in [0.5, 0.6) is 5.75 Å². The number of hydrogen-bond acceptors (Lipinski definition) is 2. The minimum Gasteiger partial charge on any atom is -0.505 e. The molecule has 14 heavy (non-hydrogen) atoms. The van der Waals surface area contributed by atoms with Crippen molar-refractivity contribution in [2.24, 2.45) is 0 Å². The number of hydrogen-bond donors (Lipinski definition) is 2. The molecule has 0 bridgehead atoms. The third-order valence-corrected chi connectivity index (χ3v) is 2.20. The van der Waals surface area contributed by atoms with Crippen LogP contribution in [0.1, 0.15) is 19.4 Å². The summed E-state index contributed by atoms with van der Waals surface area (Å²) in [6.07, 6.45) is 0. The number of benzene rings is 1. The van der Waals surface area contributed by atoms with Gasteiger partial charge in [-0.25, -0.2) is 4.39 Å². The Labute approximate surface area is 80.8 Å². The van der Waals surface area contributed by atoms with Crippen LogP contribution in [0.3, 0.4) is 0 Å². The van der Waals surface area contributed by atoms with Gasteiger partial charge in [0, 0.05) is 0 Å². The summed E-state index contributed by atoms with van der Waals surface area (Å²) < 4.78 is 12.9. The molecular weight excluding hydrogens is 187 g/mol. The average Bonchev–Trinajstić information content (AvgIpc) is 2.09.